The van der Waals surface area contributed by atoms with E-state index < -0.39 is 17.6 Å². The average molecular weight is 379 g/mol. The van der Waals surface area contributed by atoms with Crippen molar-refractivity contribution < 1.29 is 18.4 Å². The maximum atomic E-state index is 13.9. The van der Waals surface area contributed by atoms with E-state index in [1.807, 2.05) is 12.1 Å². The number of carbonyl (C=O) groups excluding carboxylic acids is 2. The van der Waals surface area contributed by atoms with Gasteiger partial charge in [0.25, 0.3) is 0 Å². The van der Waals surface area contributed by atoms with Crippen molar-refractivity contribution >= 4 is 29.1 Å². The van der Waals surface area contributed by atoms with E-state index in [-0.39, 0.29) is 30.5 Å². The van der Waals surface area contributed by atoms with E-state index in [0.717, 1.165) is 17.7 Å². The van der Waals surface area contributed by atoms with Crippen LogP contribution in [0.4, 0.5) is 14.5 Å². The van der Waals surface area contributed by atoms with Crippen molar-refractivity contribution in [2.45, 2.75) is 12.8 Å². The van der Waals surface area contributed by atoms with Gasteiger partial charge in [0.1, 0.15) is 11.6 Å². The number of nitrogens with zero attached hydrogens (tertiary/aromatic N) is 1. The number of carbonyl (C=O) groups is 2. The molecule has 1 saturated heterocycles. The predicted octanol–water partition coefficient (Wildman–Crippen LogP) is 3.33. The summed E-state index contributed by atoms with van der Waals surface area (Å²) in [5.74, 6) is -2.70. The highest BCUT2D eigenvalue weighted by Crippen LogP contribution is 2.28. The van der Waals surface area contributed by atoms with E-state index in [9.17, 15) is 18.4 Å². The molecule has 1 fully saturated rings. The summed E-state index contributed by atoms with van der Waals surface area (Å²) in [5.41, 5.74) is 1.03. The number of hydrogen-bond acceptors (Lipinski definition) is 2. The summed E-state index contributed by atoms with van der Waals surface area (Å²) >= 11 is 5.83. The van der Waals surface area contributed by atoms with E-state index in [1.54, 1.807) is 12.1 Å². The number of amides is 2. The molecule has 7 heteroatoms. The Morgan fingerprint density at radius 2 is 1.92 bits per heavy atom. The highest BCUT2D eigenvalue weighted by molar-refractivity contribution is 6.30. The van der Waals surface area contributed by atoms with Gasteiger partial charge in [0.2, 0.25) is 11.8 Å². The number of anilines is 1. The Morgan fingerprint density at radius 3 is 2.62 bits per heavy atom. The van der Waals surface area contributed by atoms with Crippen LogP contribution >= 0.6 is 11.6 Å². The fourth-order valence-corrected chi connectivity index (χ4v) is 3.07. The molecule has 1 aliphatic heterocycles. The van der Waals surface area contributed by atoms with Crippen LogP contribution in [0.25, 0.3) is 0 Å². The van der Waals surface area contributed by atoms with E-state index in [2.05, 4.69) is 5.32 Å². The molecule has 2 aromatic rings. The van der Waals surface area contributed by atoms with Crippen LogP contribution in [0.1, 0.15) is 12.0 Å². The Hall–Kier alpha value is -2.47. The smallest absolute Gasteiger partial charge is 0.227 e. The average Bonchev–Trinajstić information content (AvgIpc) is 2.98. The van der Waals surface area contributed by atoms with E-state index in [1.165, 1.54) is 11.0 Å². The monoisotopic (exact) mass is 378 g/mol. The molecule has 1 unspecified atom stereocenters. The lowest BCUT2D eigenvalue weighted by Gasteiger charge is -2.17. The molecule has 2 aromatic carbocycles. The Labute approximate surface area is 154 Å². The molecular formula is C19H17ClF2N2O2. The maximum absolute atomic E-state index is 13.9. The summed E-state index contributed by atoms with van der Waals surface area (Å²) < 4.78 is 26.9. The van der Waals surface area contributed by atoms with Crippen molar-refractivity contribution in [3.63, 3.8) is 0 Å². The van der Waals surface area contributed by atoms with Crippen molar-refractivity contribution in [3.8, 4) is 0 Å². The molecule has 1 heterocycles. The lowest BCUT2D eigenvalue weighted by molar-refractivity contribution is -0.126. The van der Waals surface area contributed by atoms with Crippen LogP contribution in [0.2, 0.25) is 5.02 Å². The second-order valence-electron chi connectivity index (χ2n) is 6.17. The van der Waals surface area contributed by atoms with E-state index >= 15 is 0 Å². The molecule has 0 aliphatic carbocycles. The molecule has 0 bridgehead atoms. The van der Waals surface area contributed by atoms with Crippen LogP contribution in [-0.4, -0.2) is 24.9 Å². The number of halogens is 3. The topological polar surface area (TPSA) is 49.4 Å². The molecule has 1 atom stereocenters. The third-order valence-corrected chi connectivity index (χ3v) is 4.57. The predicted molar refractivity (Wildman–Crippen MR) is 95.0 cm³/mol. The van der Waals surface area contributed by atoms with E-state index in [4.69, 9.17) is 11.6 Å². The van der Waals surface area contributed by atoms with Gasteiger partial charge in [-0.25, -0.2) is 8.78 Å². The third-order valence-electron chi connectivity index (χ3n) is 4.32. The summed E-state index contributed by atoms with van der Waals surface area (Å²) in [6.45, 7) is 0.504. The van der Waals surface area contributed by atoms with Crippen molar-refractivity contribution in [2.24, 2.45) is 5.92 Å². The molecule has 0 radical (unpaired) electrons. The van der Waals surface area contributed by atoms with Gasteiger partial charge in [-0.2, -0.15) is 0 Å². The summed E-state index contributed by atoms with van der Waals surface area (Å²) in [4.78, 5) is 25.6. The first-order valence-corrected chi connectivity index (χ1v) is 8.59. The lowest BCUT2D eigenvalue weighted by Crippen LogP contribution is -2.34. The van der Waals surface area contributed by atoms with Crippen LogP contribution in [0.3, 0.4) is 0 Å². The van der Waals surface area contributed by atoms with Gasteiger partial charge >= 0.3 is 0 Å². The minimum Gasteiger partial charge on any atom is -0.355 e. The van der Waals surface area contributed by atoms with Gasteiger partial charge in [-0.15, -0.1) is 0 Å². The highest BCUT2D eigenvalue weighted by Gasteiger charge is 2.36. The Bertz CT molecular complexity index is 827. The van der Waals surface area contributed by atoms with Crippen LogP contribution in [-0.2, 0) is 16.0 Å². The van der Waals surface area contributed by atoms with Crippen LogP contribution in [0.5, 0.6) is 0 Å². The number of benzene rings is 2. The SMILES string of the molecule is O=C(NCCc1ccc(Cl)cc1)C1CC(=O)N(c2ccc(F)cc2F)C1. The minimum absolute atomic E-state index is 0.00357. The van der Waals surface area contributed by atoms with Gasteiger partial charge in [0, 0.05) is 30.6 Å². The van der Waals surface area contributed by atoms with Crippen molar-refractivity contribution in [3.05, 3.63) is 64.7 Å². The first kappa shape index (κ1) is 18.3. The molecule has 1 N–H and O–H groups in total. The van der Waals surface area contributed by atoms with Gasteiger partial charge in [0.15, 0.2) is 0 Å². The molecule has 136 valence electrons. The molecule has 1 aliphatic rings. The summed E-state index contributed by atoms with van der Waals surface area (Å²) in [6.07, 6.45) is 0.642. The molecule has 4 nitrogen and oxygen atoms in total. The number of hydrogen-bond donors (Lipinski definition) is 1. The van der Waals surface area contributed by atoms with Gasteiger partial charge in [-0.05, 0) is 36.2 Å². The Morgan fingerprint density at radius 1 is 1.19 bits per heavy atom. The Kier molecular flexibility index (Phi) is 5.52. The number of nitrogens with one attached hydrogen (secondary N) is 1. The fraction of sp³-hybridized carbons (Fsp3) is 0.263. The molecule has 2 amide bonds. The van der Waals surface area contributed by atoms with Crippen molar-refractivity contribution in [2.75, 3.05) is 18.0 Å². The summed E-state index contributed by atoms with van der Waals surface area (Å²) in [5, 5.41) is 3.45. The molecular weight excluding hydrogens is 362 g/mol. The van der Waals surface area contributed by atoms with Crippen LogP contribution < -0.4 is 10.2 Å². The Balaban J connectivity index is 1.56. The first-order chi connectivity index (χ1) is 12.4. The van der Waals surface area contributed by atoms with Gasteiger partial charge in [-0.3, -0.25) is 9.59 Å². The van der Waals surface area contributed by atoms with E-state index in [0.29, 0.717) is 18.0 Å². The summed E-state index contributed by atoms with van der Waals surface area (Å²) in [6, 6.07) is 10.4. The second kappa shape index (κ2) is 7.83. The quantitative estimate of drug-likeness (QED) is 0.867. The molecule has 3 rings (SSSR count). The van der Waals surface area contributed by atoms with Crippen LogP contribution in [0.15, 0.2) is 42.5 Å². The molecule has 0 saturated carbocycles. The van der Waals surface area contributed by atoms with Crippen molar-refractivity contribution in [1.29, 1.82) is 0 Å². The second-order valence-corrected chi connectivity index (χ2v) is 6.61. The molecule has 26 heavy (non-hydrogen) atoms. The fourth-order valence-electron chi connectivity index (χ4n) is 2.94. The zero-order valence-corrected chi connectivity index (χ0v) is 14.6. The minimum atomic E-state index is -0.817. The number of rotatable bonds is 5. The normalized spacial score (nSPS) is 16.8. The largest absolute Gasteiger partial charge is 0.355 e. The molecule has 0 aromatic heterocycles. The zero-order chi connectivity index (χ0) is 18.7. The molecule has 0 spiro atoms. The zero-order valence-electron chi connectivity index (χ0n) is 13.8. The summed E-state index contributed by atoms with van der Waals surface area (Å²) in [7, 11) is 0. The van der Waals surface area contributed by atoms with Crippen molar-refractivity contribution in [1.82, 2.24) is 5.32 Å². The van der Waals surface area contributed by atoms with Gasteiger partial charge < -0.3 is 10.2 Å². The first-order valence-electron chi connectivity index (χ1n) is 8.21. The maximum Gasteiger partial charge on any atom is 0.227 e. The van der Waals surface area contributed by atoms with Gasteiger partial charge in [0.05, 0.1) is 11.6 Å². The standard InChI is InChI=1S/C19H17ClF2N2O2/c20-14-3-1-12(2-4-14)7-8-23-19(26)13-9-18(25)24(11-13)17-6-5-15(21)10-16(17)22/h1-6,10,13H,7-9,11H2,(H,23,26). The highest BCUT2D eigenvalue weighted by atomic mass is 35.5. The third kappa shape index (κ3) is 4.19. The van der Waals surface area contributed by atoms with Crippen LogP contribution in [0, 0.1) is 17.6 Å². The van der Waals surface area contributed by atoms with Gasteiger partial charge in [-0.1, -0.05) is 23.7 Å². The lowest BCUT2D eigenvalue weighted by atomic mass is 10.1.